The maximum atomic E-state index is 12.2. The monoisotopic (exact) mass is 273 g/mol. The predicted octanol–water partition coefficient (Wildman–Crippen LogP) is 2.37. The van der Waals surface area contributed by atoms with Crippen molar-refractivity contribution in [2.45, 2.75) is 18.1 Å². The second-order valence-corrected chi connectivity index (χ2v) is 4.76. The minimum absolute atomic E-state index is 0.0272. The Morgan fingerprint density at radius 3 is 2.78 bits per heavy atom. The van der Waals surface area contributed by atoms with Crippen molar-refractivity contribution in [3.8, 4) is 5.75 Å². The fourth-order valence-corrected chi connectivity index (χ4v) is 2.20. The molecule has 0 aromatic heterocycles. The van der Waals surface area contributed by atoms with Gasteiger partial charge in [0.2, 0.25) is 5.91 Å². The van der Waals surface area contributed by atoms with Crippen molar-refractivity contribution in [2.24, 2.45) is 0 Å². The number of carbonyl (C=O) groups excluding carboxylic acids is 1. The van der Waals surface area contributed by atoms with Crippen LogP contribution in [0.4, 0.5) is 14.5 Å². The van der Waals surface area contributed by atoms with E-state index in [1.807, 2.05) is 0 Å². The third kappa shape index (κ3) is 2.93. The maximum Gasteiger partial charge on any atom is 0.272 e. The highest BCUT2D eigenvalue weighted by Gasteiger charge is 2.30. The Labute approximate surface area is 109 Å². The van der Waals surface area contributed by atoms with Gasteiger partial charge in [-0.2, -0.15) is 12.6 Å². The van der Waals surface area contributed by atoms with Gasteiger partial charge in [-0.05, 0) is 12.1 Å². The van der Waals surface area contributed by atoms with Crippen LogP contribution in [0.25, 0.3) is 0 Å². The summed E-state index contributed by atoms with van der Waals surface area (Å²) < 4.78 is 29.3. The SMILES string of the molecule is O=C1CC(S)CN1c1ccccc1OCC(F)F. The summed E-state index contributed by atoms with van der Waals surface area (Å²) in [6, 6.07) is 6.69. The van der Waals surface area contributed by atoms with Gasteiger partial charge in [0.1, 0.15) is 12.4 Å². The molecule has 1 aliphatic heterocycles. The molecule has 1 amide bonds. The standard InChI is InChI=1S/C12H13F2NO2S/c13-11(14)7-17-10-4-2-1-3-9(10)15-6-8(18)5-12(15)16/h1-4,8,11,18H,5-7H2. The van der Waals surface area contributed by atoms with Crippen molar-refractivity contribution in [1.82, 2.24) is 0 Å². The molecule has 1 fully saturated rings. The molecular formula is C12H13F2NO2S. The molecule has 0 bridgehead atoms. The molecule has 0 N–H and O–H groups in total. The lowest BCUT2D eigenvalue weighted by atomic mass is 10.2. The van der Waals surface area contributed by atoms with Crippen molar-refractivity contribution < 1.29 is 18.3 Å². The Kier molecular flexibility index (Phi) is 4.06. The molecule has 1 atom stereocenters. The van der Waals surface area contributed by atoms with E-state index in [1.165, 1.54) is 4.90 Å². The topological polar surface area (TPSA) is 29.5 Å². The highest BCUT2D eigenvalue weighted by Crippen LogP contribution is 2.32. The number of halogens is 2. The largest absolute Gasteiger partial charge is 0.485 e. The first-order chi connectivity index (χ1) is 8.58. The smallest absolute Gasteiger partial charge is 0.272 e. The molecule has 0 spiro atoms. The van der Waals surface area contributed by atoms with Crippen molar-refractivity contribution in [2.75, 3.05) is 18.1 Å². The summed E-state index contributed by atoms with van der Waals surface area (Å²) in [5, 5.41) is -0.0272. The lowest BCUT2D eigenvalue weighted by Gasteiger charge is -2.19. The zero-order valence-electron chi connectivity index (χ0n) is 9.55. The summed E-state index contributed by atoms with van der Waals surface area (Å²) in [5.41, 5.74) is 0.528. The summed E-state index contributed by atoms with van der Waals surface area (Å²) in [6.45, 7) is -0.208. The summed E-state index contributed by atoms with van der Waals surface area (Å²) >= 11 is 4.26. The van der Waals surface area contributed by atoms with Crippen LogP contribution in [-0.4, -0.2) is 30.7 Å². The quantitative estimate of drug-likeness (QED) is 0.853. The molecule has 98 valence electrons. The van der Waals surface area contributed by atoms with Crippen molar-refractivity contribution in [3.05, 3.63) is 24.3 Å². The van der Waals surface area contributed by atoms with E-state index in [1.54, 1.807) is 24.3 Å². The van der Waals surface area contributed by atoms with E-state index < -0.39 is 13.0 Å². The maximum absolute atomic E-state index is 12.2. The number of para-hydroxylation sites is 2. The zero-order valence-corrected chi connectivity index (χ0v) is 10.4. The average Bonchev–Trinajstić information content (AvgIpc) is 2.66. The number of alkyl halides is 2. The highest BCUT2D eigenvalue weighted by molar-refractivity contribution is 7.81. The number of carbonyl (C=O) groups is 1. The van der Waals surface area contributed by atoms with E-state index in [0.717, 1.165) is 0 Å². The van der Waals surface area contributed by atoms with Crippen LogP contribution < -0.4 is 9.64 Å². The number of amides is 1. The highest BCUT2D eigenvalue weighted by atomic mass is 32.1. The second-order valence-electron chi connectivity index (χ2n) is 4.03. The third-order valence-corrected chi connectivity index (χ3v) is 2.97. The molecule has 0 saturated carbocycles. The Hall–Kier alpha value is -1.30. The van der Waals surface area contributed by atoms with Crippen molar-refractivity contribution >= 4 is 24.2 Å². The van der Waals surface area contributed by atoms with Crippen LogP contribution in [-0.2, 0) is 4.79 Å². The number of hydrogen-bond acceptors (Lipinski definition) is 3. The summed E-state index contributed by atoms with van der Waals surface area (Å²) in [6.07, 6.45) is -2.18. The van der Waals surface area contributed by atoms with Gasteiger partial charge in [-0.3, -0.25) is 4.79 Å². The summed E-state index contributed by atoms with van der Waals surface area (Å²) in [7, 11) is 0. The molecule has 18 heavy (non-hydrogen) atoms. The number of nitrogens with zero attached hydrogens (tertiary/aromatic N) is 1. The van der Waals surface area contributed by atoms with Gasteiger partial charge in [0.05, 0.1) is 5.69 Å². The molecule has 0 aliphatic carbocycles. The summed E-state index contributed by atoms with van der Waals surface area (Å²) in [5.74, 6) is 0.233. The molecule has 6 heteroatoms. The minimum Gasteiger partial charge on any atom is -0.485 e. The lowest BCUT2D eigenvalue weighted by molar-refractivity contribution is -0.117. The molecule has 0 radical (unpaired) electrons. The molecule has 2 rings (SSSR count). The number of thiol groups is 1. The zero-order chi connectivity index (χ0) is 13.1. The van der Waals surface area contributed by atoms with Crippen LogP contribution >= 0.6 is 12.6 Å². The average molecular weight is 273 g/mol. The third-order valence-electron chi connectivity index (χ3n) is 2.63. The van der Waals surface area contributed by atoms with E-state index in [4.69, 9.17) is 4.74 Å². The number of rotatable bonds is 4. The van der Waals surface area contributed by atoms with Gasteiger partial charge in [0, 0.05) is 18.2 Å². The Morgan fingerprint density at radius 2 is 2.17 bits per heavy atom. The lowest BCUT2D eigenvalue weighted by Crippen LogP contribution is -2.25. The predicted molar refractivity (Wildman–Crippen MR) is 67.7 cm³/mol. The first kappa shape index (κ1) is 13.1. The van der Waals surface area contributed by atoms with Crippen LogP contribution in [0.1, 0.15) is 6.42 Å². The molecule has 1 heterocycles. The molecule has 1 aromatic rings. The normalized spacial score (nSPS) is 19.7. The molecular weight excluding hydrogens is 260 g/mol. The number of benzene rings is 1. The van der Waals surface area contributed by atoms with Gasteiger partial charge in [-0.15, -0.1) is 0 Å². The number of hydrogen-bond donors (Lipinski definition) is 1. The van der Waals surface area contributed by atoms with Gasteiger partial charge in [-0.1, -0.05) is 12.1 Å². The second kappa shape index (κ2) is 5.56. The Bertz CT molecular complexity index is 442. The molecule has 1 saturated heterocycles. The van der Waals surface area contributed by atoms with Crippen LogP contribution in [0.2, 0.25) is 0 Å². The van der Waals surface area contributed by atoms with Crippen LogP contribution in [0.15, 0.2) is 24.3 Å². The van der Waals surface area contributed by atoms with Crippen molar-refractivity contribution in [3.63, 3.8) is 0 Å². The van der Waals surface area contributed by atoms with Gasteiger partial charge in [-0.25, -0.2) is 8.78 Å². The first-order valence-corrected chi connectivity index (χ1v) is 6.08. The van der Waals surface area contributed by atoms with E-state index in [0.29, 0.717) is 24.4 Å². The van der Waals surface area contributed by atoms with E-state index in [-0.39, 0.29) is 11.2 Å². The number of ether oxygens (including phenoxy) is 1. The number of anilines is 1. The van der Waals surface area contributed by atoms with Crippen LogP contribution in [0.3, 0.4) is 0 Å². The van der Waals surface area contributed by atoms with E-state index >= 15 is 0 Å². The Balaban J connectivity index is 2.19. The molecule has 1 aromatic carbocycles. The van der Waals surface area contributed by atoms with Crippen LogP contribution in [0, 0.1) is 0 Å². The van der Waals surface area contributed by atoms with Crippen molar-refractivity contribution in [1.29, 1.82) is 0 Å². The van der Waals surface area contributed by atoms with Gasteiger partial charge >= 0.3 is 0 Å². The Morgan fingerprint density at radius 1 is 1.44 bits per heavy atom. The minimum atomic E-state index is -2.54. The molecule has 1 aliphatic rings. The summed E-state index contributed by atoms with van der Waals surface area (Å²) in [4.78, 5) is 13.3. The fourth-order valence-electron chi connectivity index (χ4n) is 1.88. The molecule has 3 nitrogen and oxygen atoms in total. The van der Waals surface area contributed by atoms with Gasteiger partial charge in [0.15, 0.2) is 0 Å². The van der Waals surface area contributed by atoms with Gasteiger partial charge in [0.25, 0.3) is 6.43 Å². The first-order valence-electron chi connectivity index (χ1n) is 5.56. The van der Waals surface area contributed by atoms with E-state index in [9.17, 15) is 13.6 Å². The molecule has 1 unspecified atom stereocenters. The van der Waals surface area contributed by atoms with E-state index in [2.05, 4.69) is 12.6 Å². The van der Waals surface area contributed by atoms with Crippen LogP contribution in [0.5, 0.6) is 5.75 Å². The van der Waals surface area contributed by atoms with Gasteiger partial charge < -0.3 is 9.64 Å². The fraction of sp³-hybridized carbons (Fsp3) is 0.417.